The highest BCUT2D eigenvalue weighted by molar-refractivity contribution is 7.48. The average Bonchev–Trinajstić information content (AvgIpc) is 3.08. The summed E-state index contributed by atoms with van der Waals surface area (Å²) in [4.78, 5) is 57.8. The Balaban J connectivity index is 4.67. The van der Waals surface area contributed by atoms with Crippen molar-refractivity contribution in [3.05, 3.63) is 0 Å². The molecule has 0 saturated heterocycles. The van der Waals surface area contributed by atoms with Gasteiger partial charge in [0, 0.05) is 0 Å². The lowest BCUT2D eigenvalue weighted by Crippen LogP contribution is -2.27. The third-order valence-corrected chi connectivity index (χ3v) is 10.4. The smallest absolute Gasteiger partial charge is 0.394 e. The minimum Gasteiger partial charge on any atom is -0.394 e. The molecular formula is C23H56N3O24P5. The standard InChI is InChI=1S/C23H56N3O24P5/c1-24-18-39-13-21(12-27)49-54(35,36)43-9-7-5-4-6-8-42-52(31,32)47-17-23(15-41-20-26-3)50-55(37,38)45-11-10-44-53(33,34)46-16-22(14-40-19-25-2)48-51(28,29)30/h21-27H,4-20H2,1-3H3,(H,31,32)(H,33,34)(H,35,36)(H,37,38)(H2,28,29,30). The second kappa shape index (κ2) is 30.3. The zero-order valence-corrected chi connectivity index (χ0v) is 35.0. The van der Waals surface area contributed by atoms with Gasteiger partial charge in [-0.05, 0) is 34.0 Å². The number of ether oxygens (including phenoxy) is 3. The first-order valence-corrected chi connectivity index (χ1v) is 23.8. The second-order valence-electron chi connectivity index (χ2n) is 10.7. The van der Waals surface area contributed by atoms with Crippen LogP contribution in [0.1, 0.15) is 25.7 Å². The van der Waals surface area contributed by atoms with Crippen molar-refractivity contribution in [2.75, 3.05) is 107 Å². The number of hydrogen-bond donors (Lipinski definition) is 10. The molecule has 7 unspecified atom stereocenters. The Hall–Kier alpha value is 0.270. The van der Waals surface area contributed by atoms with E-state index in [4.69, 9.17) is 51.1 Å². The molecular weight excluding hydrogens is 857 g/mol. The molecule has 32 heteroatoms. The molecule has 0 rings (SSSR count). The summed E-state index contributed by atoms with van der Waals surface area (Å²) in [6.07, 6.45) is -2.53. The predicted molar refractivity (Wildman–Crippen MR) is 187 cm³/mol. The molecule has 0 aromatic heterocycles. The predicted octanol–water partition coefficient (Wildman–Crippen LogP) is -0.131. The third-order valence-electron chi connectivity index (χ3n) is 5.69. The summed E-state index contributed by atoms with van der Waals surface area (Å²) in [7, 11) is -19.4. The number of rotatable bonds is 39. The van der Waals surface area contributed by atoms with Crippen LogP contribution in [0.15, 0.2) is 0 Å². The van der Waals surface area contributed by atoms with E-state index in [0.29, 0.717) is 19.3 Å². The normalized spacial score (nSPS) is 18.5. The number of phosphoric acid groups is 5. The van der Waals surface area contributed by atoms with Gasteiger partial charge in [0.15, 0.2) is 0 Å². The lowest BCUT2D eigenvalue weighted by Gasteiger charge is -2.22. The maximum Gasteiger partial charge on any atom is 0.472 e. The van der Waals surface area contributed by atoms with Crippen LogP contribution in [0.3, 0.4) is 0 Å². The molecule has 0 aromatic rings. The molecule has 55 heavy (non-hydrogen) atoms. The number of unbranched alkanes of at least 4 members (excludes halogenated alkanes) is 3. The van der Waals surface area contributed by atoms with E-state index in [2.05, 4.69) is 29.5 Å². The van der Waals surface area contributed by atoms with Crippen LogP contribution in [-0.4, -0.2) is 160 Å². The van der Waals surface area contributed by atoms with E-state index < -0.39 is 104 Å². The largest absolute Gasteiger partial charge is 0.472 e. The second-order valence-corrected chi connectivity index (χ2v) is 17.6. The van der Waals surface area contributed by atoms with E-state index >= 15 is 0 Å². The number of aliphatic hydroxyl groups excluding tert-OH is 1. The molecule has 0 amide bonds. The Labute approximate surface area is 318 Å². The maximum absolute atomic E-state index is 12.5. The van der Waals surface area contributed by atoms with Crippen molar-refractivity contribution in [3.8, 4) is 0 Å². The zero-order valence-electron chi connectivity index (χ0n) is 30.6. The van der Waals surface area contributed by atoms with Crippen molar-refractivity contribution in [1.29, 1.82) is 0 Å². The molecule has 7 atom stereocenters. The minimum absolute atomic E-state index is 0.0443. The van der Waals surface area contributed by atoms with Crippen LogP contribution in [0.4, 0.5) is 0 Å². The van der Waals surface area contributed by atoms with Crippen LogP contribution in [-0.2, 0) is 77.7 Å². The van der Waals surface area contributed by atoms with Crippen molar-refractivity contribution in [2.24, 2.45) is 0 Å². The first-order valence-electron chi connectivity index (χ1n) is 16.3. The fraction of sp³-hybridized carbons (Fsp3) is 1.00. The third kappa shape index (κ3) is 33.8. The van der Waals surface area contributed by atoms with E-state index in [1.165, 1.54) is 14.1 Å². The van der Waals surface area contributed by atoms with Crippen LogP contribution in [0.5, 0.6) is 0 Å². The Bertz CT molecular complexity index is 1240. The Kier molecular flexibility index (Phi) is 30.5. The SMILES string of the molecule is CNCOCC(COP(=O)(O)OCCOP(=O)(O)OC(COCNC)COP(=O)(O)OCCCCCCOP(=O)(O)OC(CO)COCNC)OP(=O)(O)O. The molecule has 27 nitrogen and oxygen atoms in total. The van der Waals surface area contributed by atoms with Crippen molar-refractivity contribution in [3.63, 3.8) is 0 Å². The van der Waals surface area contributed by atoms with E-state index in [0.717, 1.165) is 0 Å². The molecule has 0 aliphatic heterocycles. The van der Waals surface area contributed by atoms with Gasteiger partial charge in [-0.3, -0.25) is 56.7 Å². The average molecular weight is 914 g/mol. The summed E-state index contributed by atoms with van der Waals surface area (Å²) >= 11 is 0. The summed E-state index contributed by atoms with van der Waals surface area (Å²) in [5.41, 5.74) is 0. The Morgan fingerprint density at radius 3 is 1.18 bits per heavy atom. The van der Waals surface area contributed by atoms with E-state index in [1.807, 2.05) is 0 Å². The molecule has 0 spiro atoms. The van der Waals surface area contributed by atoms with E-state index in [9.17, 15) is 47.5 Å². The van der Waals surface area contributed by atoms with Crippen LogP contribution in [0, 0.1) is 0 Å². The quantitative estimate of drug-likeness (QED) is 0.0218. The topological polar surface area (TPSA) is 374 Å². The number of aliphatic hydroxyl groups is 1. The number of nitrogens with one attached hydrogen (secondary N) is 3. The highest BCUT2D eigenvalue weighted by atomic mass is 31.2. The summed E-state index contributed by atoms with van der Waals surface area (Å²) in [6, 6.07) is 0. The molecule has 0 aromatic carbocycles. The van der Waals surface area contributed by atoms with Gasteiger partial charge in [-0.1, -0.05) is 12.8 Å². The molecule has 0 saturated carbocycles. The molecule has 0 bridgehead atoms. The molecule has 0 aliphatic rings. The maximum atomic E-state index is 12.5. The first-order chi connectivity index (χ1) is 25.7. The fourth-order valence-corrected chi connectivity index (χ4v) is 7.32. The van der Waals surface area contributed by atoms with E-state index in [1.54, 1.807) is 7.05 Å². The van der Waals surface area contributed by atoms with Gasteiger partial charge in [0.1, 0.15) is 18.3 Å². The molecule has 332 valence electrons. The van der Waals surface area contributed by atoms with Gasteiger partial charge in [0.2, 0.25) is 0 Å². The highest BCUT2D eigenvalue weighted by Gasteiger charge is 2.32. The van der Waals surface area contributed by atoms with Gasteiger partial charge >= 0.3 is 39.1 Å². The van der Waals surface area contributed by atoms with Gasteiger partial charge in [-0.25, -0.2) is 22.8 Å². The van der Waals surface area contributed by atoms with Crippen molar-refractivity contribution >= 4 is 39.1 Å². The van der Waals surface area contributed by atoms with Crippen LogP contribution in [0.2, 0.25) is 0 Å². The van der Waals surface area contributed by atoms with Crippen molar-refractivity contribution < 1.29 is 112 Å². The molecule has 0 fully saturated rings. The highest BCUT2D eigenvalue weighted by Crippen LogP contribution is 2.49. The monoisotopic (exact) mass is 913 g/mol. The van der Waals surface area contributed by atoms with Crippen molar-refractivity contribution in [2.45, 2.75) is 44.0 Å². The van der Waals surface area contributed by atoms with Gasteiger partial charge < -0.3 is 48.7 Å². The fourth-order valence-electron chi connectivity index (χ4n) is 3.50. The summed E-state index contributed by atoms with van der Waals surface area (Å²) < 4.78 is 118. The Morgan fingerprint density at radius 2 is 0.782 bits per heavy atom. The molecule has 0 aliphatic carbocycles. The minimum atomic E-state index is -5.03. The lowest BCUT2D eigenvalue weighted by molar-refractivity contribution is -0.00982. The molecule has 10 N–H and O–H groups in total. The molecule has 0 heterocycles. The van der Waals surface area contributed by atoms with Gasteiger partial charge in [-0.2, -0.15) is 0 Å². The zero-order chi connectivity index (χ0) is 41.9. The summed E-state index contributed by atoms with van der Waals surface area (Å²) in [5.74, 6) is 0. The van der Waals surface area contributed by atoms with Gasteiger partial charge in [0.25, 0.3) is 0 Å². The number of phosphoric ester groups is 5. The van der Waals surface area contributed by atoms with Gasteiger partial charge in [0.05, 0.1) is 86.3 Å². The number of hydrogen-bond acceptors (Lipinski definition) is 21. The summed E-state index contributed by atoms with van der Waals surface area (Å²) in [5, 5.41) is 17.2. The van der Waals surface area contributed by atoms with Crippen LogP contribution < -0.4 is 16.0 Å². The van der Waals surface area contributed by atoms with Gasteiger partial charge in [-0.15, -0.1) is 0 Å². The first kappa shape index (κ1) is 55.3. The molecule has 0 radical (unpaired) electrons. The van der Waals surface area contributed by atoms with Crippen LogP contribution >= 0.6 is 39.1 Å². The summed E-state index contributed by atoms with van der Waals surface area (Å²) in [6.45, 7) is -5.27. The lowest BCUT2D eigenvalue weighted by atomic mass is 10.2. The van der Waals surface area contributed by atoms with Crippen LogP contribution in [0.25, 0.3) is 0 Å². The Morgan fingerprint density at radius 1 is 0.436 bits per heavy atom. The van der Waals surface area contributed by atoms with E-state index in [-0.39, 0.29) is 46.4 Å². The van der Waals surface area contributed by atoms with Crippen molar-refractivity contribution in [1.82, 2.24) is 16.0 Å².